The van der Waals surface area contributed by atoms with Crippen LogP contribution in [0.2, 0.25) is 0 Å². The smallest absolute Gasteiger partial charge is 0.0522 e. The minimum Gasteiger partial charge on any atom is -0.267 e. The first-order valence-corrected chi connectivity index (χ1v) is 4.88. The van der Waals surface area contributed by atoms with E-state index < -0.39 is 0 Å². The van der Waals surface area contributed by atoms with Crippen molar-refractivity contribution in [2.45, 2.75) is 45.1 Å². The maximum atomic E-state index is 4.36. The third-order valence-corrected chi connectivity index (χ3v) is 2.79. The van der Waals surface area contributed by atoms with Crippen LogP contribution in [0.1, 0.15) is 43.8 Å². The van der Waals surface area contributed by atoms with E-state index in [9.17, 15) is 0 Å². The zero-order valence-corrected chi connectivity index (χ0v) is 7.66. The fraction of sp³-hybridized carbons (Fsp3) is 0.700. The van der Waals surface area contributed by atoms with Gasteiger partial charge in [-0.1, -0.05) is 19.3 Å². The fourth-order valence-electron chi connectivity index (χ4n) is 2.09. The van der Waals surface area contributed by atoms with Gasteiger partial charge in [-0.2, -0.15) is 5.10 Å². The quantitative estimate of drug-likeness (QED) is 0.624. The highest BCUT2D eigenvalue weighted by molar-refractivity contribution is 4.98. The van der Waals surface area contributed by atoms with Gasteiger partial charge in [-0.25, -0.2) is 0 Å². The second kappa shape index (κ2) is 3.30. The molecule has 66 valence electrons. The van der Waals surface area contributed by atoms with Crippen LogP contribution in [0.15, 0.2) is 12.3 Å². The van der Waals surface area contributed by atoms with Gasteiger partial charge in [0, 0.05) is 11.9 Å². The average molecular weight is 164 g/mol. The van der Waals surface area contributed by atoms with Crippen LogP contribution in [0.4, 0.5) is 0 Å². The van der Waals surface area contributed by atoms with Crippen molar-refractivity contribution in [1.29, 1.82) is 0 Å². The predicted octanol–water partition coefficient (Wildman–Crippen LogP) is 2.70. The summed E-state index contributed by atoms with van der Waals surface area (Å²) >= 11 is 0. The van der Waals surface area contributed by atoms with E-state index in [2.05, 4.69) is 22.8 Å². The molecule has 2 rings (SSSR count). The van der Waals surface area contributed by atoms with Gasteiger partial charge in [0.05, 0.1) is 6.04 Å². The molecule has 0 aliphatic heterocycles. The molecule has 0 radical (unpaired) electrons. The lowest BCUT2D eigenvalue weighted by atomic mass is 9.95. The summed E-state index contributed by atoms with van der Waals surface area (Å²) < 4.78 is 2.19. The Bertz CT molecular complexity index is 246. The predicted molar refractivity (Wildman–Crippen MR) is 49.1 cm³/mol. The van der Waals surface area contributed by atoms with Gasteiger partial charge in [-0.15, -0.1) is 0 Å². The van der Waals surface area contributed by atoms with Crippen molar-refractivity contribution >= 4 is 0 Å². The summed E-state index contributed by atoms with van der Waals surface area (Å²) in [5, 5.41) is 4.36. The van der Waals surface area contributed by atoms with Crippen LogP contribution < -0.4 is 0 Å². The summed E-state index contributed by atoms with van der Waals surface area (Å²) in [4.78, 5) is 0. The number of aromatic nitrogens is 2. The lowest BCUT2D eigenvalue weighted by Crippen LogP contribution is -2.15. The lowest BCUT2D eigenvalue weighted by molar-refractivity contribution is 0.325. The van der Waals surface area contributed by atoms with Gasteiger partial charge >= 0.3 is 0 Å². The molecule has 12 heavy (non-hydrogen) atoms. The van der Waals surface area contributed by atoms with Crippen molar-refractivity contribution < 1.29 is 0 Å². The zero-order valence-electron chi connectivity index (χ0n) is 7.66. The largest absolute Gasteiger partial charge is 0.267 e. The number of aryl methyl sites for hydroxylation is 1. The Hall–Kier alpha value is -0.790. The zero-order chi connectivity index (χ0) is 8.39. The van der Waals surface area contributed by atoms with Crippen molar-refractivity contribution in [3.05, 3.63) is 18.0 Å². The van der Waals surface area contributed by atoms with Crippen LogP contribution in [-0.4, -0.2) is 9.78 Å². The Balaban J connectivity index is 2.13. The molecule has 1 aliphatic carbocycles. The second-order valence-corrected chi connectivity index (χ2v) is 3.71. The summed E-state index contributed by atoms with van der Waals surface area (Å²) in [6.45, 7) is 2.14. The van der Waals surface area contributed by atoms with Crippen molar-refractivity contribution in [2.75, 3.05) is 0 Å². The van der Waals surface area contributed by atoms with Crippen molar-refractivity contribution in [2.24, 2.45) is 0 Å². The molecule has 0 bridgehead atoms. The first-order valence-electron chi connectivity index (χ1n) is 4.88. The van der Waals surface area contributed by atoms with E-state index in [1.54, 1.807) is 0 Å². The van der Waals surface area contributed by atoms with Gasteiger partial charge in [0.2, 0.25) is 0 Å². The Kier molecular flexibility index (Phi) is 2.15. The maximum Gasteiger partial charge on any atom is 0.0522 e. The van der Waals surface area contributed by atoms with E-state index in [-0.39, 0.29) is 0 Å². The van der Waals surface area contributed by atoms with Gasteiger partial charge in [0.25, 0.3) is 0 Å². The van der Waals surface area contributed by atoms with E-state index in [0.717, 1.165) is 0 Å². The molecule has 2 nitrogen and oxygen atoms in total. The highest BCUT2D eigenvalue weighted by Crippen LogP contribution is 2.27. The fourth-order valence-corrected chi connectivity index (χ4v) is 2.09. The van der Waals surface area contributed by atoms with E-state index >= 15 is 0 Å². The number of hydrogen-bond acceptors (Lipinski definition) is 1. The molecule has 1 aliphatic rings. The number of hydrogen-bond donors (Lipinski definition) is 0. The highest BCUT2D eigenvalue weighted by Gasteiger charge is 2.16. The lowest BCUT2D eigenvalue weighted by Gasteiger charge is -2.23. The molecule has 0 atom stereocenters. The first kappa shape index (κ1) is 7.84. The molecule has 0 unspecified atom stereocenters. The summed E-state index contributed by atoms with van der Waals surface area (Å²) in [5.41, 5.74) is 1.31. The molecule has 1 saturated carbocycles. The van der Waals surface area contributed by atoms with Crippen LogP contribution in [-0.2, 0) is 0 Å². The van der Waals surface area contributed by atoms with E-state index in [1.807, 2.05) is 6.20 Å². The summed E-state index contributed by atoms with van der Waals surface area (Å²) in [7, 11) is 0. The minimum atomic E-state index is 0.689. The second-order valence-electron chi connectivity index (χ2n) is 3.71. The molecule has 0 aromatic carbocycles. The molecular formula is C10H16N2. The Morgan fingerprint density at radius 2 is 2.08 bits per heavy atom. The molecule has 1 fully saturated rings. The van der Waals surface area contributed by atoms with Gasteiger partial charge < -0.3 is 0 Å². The molecule has 0 spiro atoms. The monoisotopic (exact) mass is 164 g/mol. The molecule has 1 heterocycles. The summed E-state index contributed by atoms with van der Waals surface area (Å²) in [6, 6.07) is 2.78. The van der Waals surface area contributed by atoms with E-state index in [1.165, 1.54) is 37.8 Å². The van der Waals surface area contributed by atoms with Gasteiger partial charge in [0.1, 0.15) is 0 Å². The normalized spacial score (nSPS) is 19.8. The molecule has 0 amide bonds. The third-order valence-electron chi connectivity index (χ3n) is 2.79. The van der Waals surface area contributed by atoms with Crippen molar-refractivity contribution in [3.63, 3.8) is 0 Å². The van der Waals surface area contributed by atoms with Gasteiger partial charge in [0.15, 0.2) is 0 Å². The molecule has 0 N–H and O–H groups in total. The average Bonchev–Trinajstić information content (AvgIpc) is 2.53. The number of nitrogens with zero attached hydrogens (tertiary/aromatic N) is 2. The Morgan fingerprint density at radius 1 is 1.33 bits per heavy atom. The molecule has 1 aromatic heterocycles. The van der Waals surface area contributed by atoms with Gasteiger partial charge in [-0.3, -0.25) is 4.68 Å². The minimum absolute atomic E-state index is 0.689. The molecule has 2 heteroatoms. The highest BCUT2D eigenvalue weighted by atomic mass is 15.3. The van der Waals surface area contributed by atoms with E-state index in [4.69, 9.17) is 0 Å². The topological polar surface area (TPSA) is 17.8 Å². The first-order chi connectivity index (χ1) is 5.88. The summed E-state index contributed by atoms with van der Waals surface area (Å²) in [6.07, 6.45) is 8.72. The van der Waals surface area contributed by atoms with E-state index in [0.29, 0.717) is 6.04 Å². The van der Waals surface area contributed by atoms with Crippen molar-refractivity contribution in [3.8, 4) is 0 Å². The van der Waals surface area contributed by atoms with Crippen LogP contribution >= 0.6 is 0 Å². The van der Waals surface area contributed by atoms with Crippen molar-refractivity contribution in [1.82, 2.24) is 9.78 Å². The summed E-state index contributed by atoms with van der Waals surface area (Å²) in [5.74, 6) is 0. The Labute approximate surface area is 73.6 Å². The van der Waals surface area contributed by atoms with Crippen LogP contribution in [0.3, 0.4) is 0 Å². The molecule has 1 aromatic rings. The van der Waals surface area contributed by atoms with Crippen LogP contribution in [0, 0.1) is 6.92 Å². The third kappa shape index (κ3) is 1.38. The molecule has 0 saturated heterocycles. The SMILES string of the molecule is Cc1ccnn1C1CCCCC1. The number of rotatable bonds is 1. The standard InChI is InChI=1S/C10H16N2/c1-9-7-8-11-12(9)10-5-3-2-4-6-10/h7-8,10H,2-6H2,1H3. The van der Waals surface area contributed by atoms with Crippen LogP contribution in [0.5, 0.6) is 0 Å². The Morgan fingerprint density at radius 3 is 2.67 bits per heavy atom. The van der Waals surface area contributed by atoms with Gasteiger partial charge in [-0.05, 0) is 25.8 Å². The molecular weight excluding hydrogens is 148 g/mol. The maximum absolute atomic E-state index is 4.36. The van der Waals surface area contributed by atoms with Crippen LogP contribution in [0.25, 0.3) is 0 Å².